The van der Waals surface area contributed by atoms with Crippen molar-refractivity contribution >= 4 is 17.5 Å². The molecule has 2 aromatic carbocycles. The lowest BCUT2D eigenvalue weighted by Crippen LogP contribution is -2.54. The lowest BCUT2D eigenvalue weighted by atomic mass is 10.1. The van der Waals surface area contributed by atoms with Gasteiger partial charge in [-0.2, -0.15) is 13.2 Å². The number of carbonyl (C=O) groups excluding carboxylic acids is 2. The van der Waals surface area contributed by atoms with Crippen LogP contribution in [0.1, 0.15) is 17.5 Å². The first-order chi connectivity index (χ1) is 16.3. The summed E-state index contributed by atoms with van der Waals surface area (Å²) in [5, 5.41) is 0. The number of hydrogen-bond acceptors (Lipinski definition) is 5. The van der Waals surface area contributed by atoms with E-state index in [9.17, 15) is 22.8 Å². The topological polar surface area (TPSA) is 47.1 Å². The quantitative estimate of drug-likeness (QED) is 0.578. The van der Waals surface area contributed by atoms with Gasteiger partial charge in [0.15, 0.2) is 0 Å². The Morgan fingerprint density at radius 1 is 0.765 bits per heavy atom. The Morgan fingerprint density at radius 3 is 2.06 bits per heavy atom. The highest BCUT2D eigenvalue weighted by Gasteiger charge is 2.32. The molecule has 0 saturated carbocycles. The van der Waals surface area contributed by atoms with Gasteiger partial charge < -0.3 is 4.90 Å². The number of anilines is 1. The van der Waals surface area contributed by atoms with E-state index in [0.29, 0.717) is 31.9 Å². The molecule has 182 valence electrons. The molecule has 2 amide bonds. The maximum Gasteiger partial charge on any atom is 0.416 e. The highest BCUT2D eigenvalue weighted by Crippen LogP contribution is 2.31. The van der Waals surface area contributed by atoms with Gasteiger partial charge in [0.05, 0.1) is 25.2 Å². The van der Waals surface area contributed by atoms with Crippen molar-refractivity contribution in [3.8, 4) is 0 Å². The van der Waals surface area contributed by atoms with Crippen LogP contribution in [0.2, 0.25) is 0 Å². The van der Waals surface area contributed by atoms with Crippen LogP contribution in [0, 0.1) is 0 Å². The summed E-state index contributed by atoms with van der Waals surface area (Å²) >= 11 is 0. The fourth-order valence-corrected chi connectivity index (χ4v) is 4.48. The molecule has 2 aliphatic heterocycles. The number of halogens is 3. The number of carbonyl (C=O) groups is 2. The van der Waals surface area contributed by atoms with E-state index in [1.54, 1.807) is 6.07 Å². The monoisotopic (exact) mass is 474 g/mol. The van der Waals surface area contributed by atoms with Gasteiger partial charge in [0.25, 0.3) is 0 Å². The zero-order chi connectivity index (χ0) is 24.1. The second-order valence-electron chi connectivity index (χ2n) is 8.80. The van der Waals surface area contributed by atoms with Gasteiger partial charge >= 0.3 is 6.18 Å². The molecular formula is C25H29F3N4O2. The van der Waals surface area contributed by atoms with E-state index in [0.717, 1.165) is 37.7 Å². The third-order valence-electron chi connectivity index (χ3n) is 6.36. The molecule has 0 unspecified atom stereocenters. The zero-order valence-electron chi connectivity index (χ0n) is 19.0. The second-order valence-corrected chi connectivity index (χ2v) is 8.80. The fraction of sp³-hybridized carbons (Fsp3) is 0.440. The lowest BCUT2D eigenvalue weighted by Gasteiger charge is -2.37. The third-order valence-corrected chi connectivity index (χ3v) is 6.36. The van der Waals surface area contributed by atoms with Gasteiger partial charge in [0.2, 0.25) is 11.8 Å². The van der Waals surface area contributed by atoms with Crippen LogP contribution in [0.3, 0.4) is 0 Å². The fourth-order valence-electron chi connectivity index (χ4n) is 4.48. The summed E-state index contributed by atoms with van der Waals surface area (Å²) in [7, 11) is 0. The van der Waals surface area contributed by atoms with Crippen LogP contribution in [0.4, 0.5) is 18.9 Å². The van der Waals surface area contributed by atoms with Crippen molar-refractivity contribution in [1.29, 1.82) is 0 Å². The molecule has 0 bridgehead atoms. The number of amides is 2. The Hall–Kier alpha value is -2.91. The molecule has 0 radical (unpaired) electrons. The lowest BCUT2D eigenvalue weighted by molar-refractivity contribution is -0.152. The summed E-state index contributed by atoms with van der Waals surface area (Å²) in [6, 6.07) is 15.0. The number of piperazine rings is 2. The van der Waals surface area contributed by atoms with Gasteiger partial charge in [0.1, 0.15) is 0 Å². The van der Waals surface area contributed by atoms with Gasteiger partial charge in [-0.1, -0.05) is 36.4 Å². The molecule has 9 heteroatoms. The predicted octanol–water partition coefficient (Wildman–Crippen LogP) is 3.09. The van der Waals surface area contributed by atoms with E-state index in [1.165, 1.54) is 17.0 Å². The molecule has 34 heavy (non-hydrogen) atoms. The summed E-state index contributed by atoms with van der Waals surface area (Å²) in [5.74, 6) is -0.343. The summed E-state index contributed by atoms with van der Waals surface area (Å²) in [6.07, 6.45) is -3.52. The van der Waals surface area contributed by atoms with Crippen molar-refractivity contribution < 1.29 is 22.8 Å². The average Bonchev–Trinajstić information content (AvgIpc) is 2.82. The Labute approximate surface area is 197 Å². The van der Waals surface area contributed by atoms with E-state index in [4.69, 9.17) is 0 Å². The normalized spacial score (nSPS) is 18.6. The number of rotatable bonds is 7. The smallest absolute Gasteiger partial charge is 0.369 e. The number of hydrogen-bond donors (Lipinski definition) is 0. The van der Waals surface area contributed by atoms with Gasteiger partial charge in [-0.05, 0) is 36.7 Å². The molecule has 4 rings (SSSR count). The minimum Gasteiger partial charge on any atom is -0.369 e. The van der Waals surface area contributed by atoms with Crippen molar-refractivity contribution in [2.75, 3.05) is 57.3 Å². The molecule has 0 atom stereocenters. The van der Waals surface area contributed by atoms with Crippen molar-refractivity contribution in [3.05, 3.63) is 65.7 Å². The molecular weight excluding hydrogens is 445 g/mol. The number of nitrogens with zero attached hydrogens (tertiary/aromatic N) is 4. The van der Waals surface area contributed by atoms with Crippen LogP contribution in [-0.2, 0) is 22.3 Å². The molecule has 2 fully saturated rings. The van der Waals surface area contributed by atoms with E-state index in [-0.39, 0.29) is 24.9 Å². The average molecular weight is 475 g/mol. The molecule has 0 spiro atoms. The summed E-state index contributed by atoms with van der Waals surface area (Å²) < 4.78 is 38.9. The summed E-state index contributed by atoms with van der Waals surface area (Å²) in [6.45, 7) is 5.12. The first-order valence-electron chi connectivity index (χ1n) is 11.5. The molecule has 2 aromatic rings. The van der Waals surface area contributed by atoms with Gasteiger partial charge in [-0.25, -0.2) is 0 Å². The highest BCUT2D eigenvalue weighted by molar-refractivity contribution is 5.99. The van der Waals surface area contributed by atoms with E-state index in [2.05, 4.69) is 4.90 Å². The van der Waals surface area contributed by atoms with Gasteiger partial charge in [-0.3, -0.25) is 24.3 Å². The third kappa shape index (κ3) is 6.15. The summed E-state index contributed by atoms with van der Waals surface area (Å²) in [4.78, 5) is 32.5. The minimum absolute atomic E-state index is 0.171. The molecule has 2 aliphatic rings. The number of benzene rings is 2. The minimum atomic E-state index is -4.34. The standard InChI is InChI=1S/C25H29F3N4O2/c26-25(27,28)21-8-4-9-22(16-21)31-14-12-29(13-15-31)10-5-11-30-18-23(33)32(24(34)19-30)17-20-6-2-1-3-7-20/h1-4,6-9,16H,5,10-15,17-19H2. The Bertz CT molecular complexity index is 973. The van der Waals surface area contributed by atoms with Crippen LogP contribution in [0.15, 0.2) is 54.6 Å². The van der Waals surface area contributed by atoms with Crippen molar-refractivity contribution in [2.24, 2.45) is 0 Å². The molecule has 2 saturated heterocycles. The Morgan fingerprint density at radius 2 is 1.41 bits per heavy atom. The first kappa shape index (κ1) is 24.2. The predicted molar refractivity (Wildman–Crippen MR) is 123 cm³/mol. The van der Waals surface area contributed by atoms with Crippen LogP contribution in [-0.4, -0.2) is 78.9 Å². The Balaban J connectivity index is 1.19. The van der Waals surface area contributed by atoms with Crippen LogP contribution >= 0.6 is 0 Å². The molecule has 0 aromatic heterocycles. The maximum absolute atomic E-state index is 13.0. The van der Waals surface area contributed by atoms with E-state index in [1.807, 2.05) is 40.1 Å². The molecule has 0 N–H and O–H groups in total. The second kappa shape index (κ2) is 10.6. The maximum atomic E-state index is 13.0. The van der Waals surface area contributed by atoms with Crippen molar-refractivity contribution in [1.82, 2.24) is 14.7 Å². The van der Waals surface area contributed by atoms with Crippen molar-refractivity contribution in [3.63, 3.8) is 0 Å². The number of alkyl halides is 3. The number of imide groups is 1. The van der Waals surface area contributed by atoms with Crippen LogP contribution < -0.4 is 4.90 Å². The first-order valence-corrected chi connectivity index (χ1v) is 11.5. The van der Waals surface area contributed by atoms with Crippen molar-refractivity contribution in [2.45, 2.75) is 19.1 Å². The van der Waals surface area contributed by atoms with E-state index >= 15 is 0 Å². The molecule has 0 aliphatic carbocycles. The zero-order valence-corrected chi connectivity index (χ0v) is 19.0. The van der Waals surface area contributed by atoms with Crippen LogP contribution in [0.25, 0.3) is 0 Å². The summed E-state index contributed by atoms with van der Waals surface area (Å²) in [5.41, 5.74) is 0.905. The van der Waals surface area contributed by atoms with Crippen LogP contribution in [0.5, 0.6) is 0 Å². The SMILES string of the molecule is O=C1CN(CCCN2CCN(c3cccc(C(F)(F)F)c3)CC2)CC(=O)N1Cc1ccccc1. The molecule has 6 nitrogen and oxygen atoms in total. The van der Waals surface area contributed by atoms with Gasteiger partial charge in [0, 0.05) is 38.4 Å². The van der Waals surface area contributed by atoms with Gasteiger partial charge in [-0.15, -0.1) is 0 Å². The Kier molecular flexibility index (Phi) is 7.53. The van der Waals surface area contributed by atoms with E-state index < -0.39 is 11.7 Å². The highest BCUT2D eigenvalue weighted by atomic mass is 19.4. The molecule has 2 heterocycles. The largest absolute Gasteiger partial charge is 0.416 e.